The van der Waals surface area contributed by atoms with E-state index in [2.05, 4.69) is 10.6 Å². The number of hydrogen-bond acceptors (Lipinski definition) is 3. The van der Waals surface area contributed by atoms with E-state index in [0.29, 0.717) is 22.5 Å². The van der Waals surface area contributed by atoms with Crippen molar-refractivity contribution in [3.63, 3.8) is 0 Å². The van der Waals surface area contributed by atoms with Gasteiger partial charge in [0.15, 0.2) is 5.78 Å². The van der Waals surface area contributed by atoms with Gasteiger partial charge < -0.3 is 10.6 Å². The van der Waals surface area contributed by atoms with E-state index < -0.39 is 5.91 Å². The molecule has 2 N–H and O–H groups in total. The fraction of sp³-hybridized carbons (Fsp3) is 0.190. The van der Waals surface area contributed by atoms with Crippen LogP contribution in [0, 0.1) is 13.8 Å². The third-order valence-electron chi connectivity index (χ3n) is 4.03. The minimum atomic E-state index is -0.409. The van der Waals surface area contributed by atoms with E-state index in [-0.39, 0.29) is 11.7 Å². The van der Waals surface area contributed by atoms with Crippen LogP contribution in [0.3, 0.4) is 0 Å². The number of amides is 2. The quantitative estimate of drug-likeness (QED) is 0.631. The molecule has 0 heterocycles. The normalized spacial score (nSPS) is 11.0. The number of nitrogens with one attached hydrogen (secondary N) is 2. The summed E-state index contributed by atoms with van der Waals surface area (Å²) in [6.45, 7) is 7.03. The lowest BCUT2D eigenvalue weighted by Crippen LogP contribution is -2.16. The van der Waals surface area contributed by atoms with Crippen LogP contribution in [0.25, 0.3) is 0 Å². The minimum absolute atomic E-state index is 0.0402. The summed E-state index contributed by atoms with van der Waals surface area (Å²) in [5, 5.41) is 5.44. The Morgan fingerprint density at radius 3 is 2.00 bits per heavy atom. The number of ketones is 1. The Labute approximate surface area is 153 Å². The van der Waals surface area contributed by atoms with Crippen LogP contribution in [-0.2, 0) is 9.59 Å². The van der Waals surface area contributed by atoms with Gasteiger partial charge in [-0.3, -0.25) is 14.4 Å². The first-order valence-electron chi connectivity index (χ1n) is 8.25. The van der Waals surface area contributed by atoms with Gasteiger partial charge in [0, 0.05) is 28.6 Å². The molecule has 0 saturated heterocycles. The molecule has 0 spiro atoms. The topological polar surface area (TPSA) is 75.3 Å². The van der Waals surface area contributed by atoms with E-state index in [4.69, 9.17) is 0 Å². The maximum Gasteiger partial charge on any atom is 0.251 e. The number of aryl methyl sites for hydroxylation is 2. The van der Waals surface area contributed by atoms with Gasteiger partial charge >= 0.3 is 0 Å². The lowest BCUT2D eigenvalue weighted by Gasteiger charge is -2.08. The summed E-state index contributed by atoms with van der Waals surface area (Å²) in [5.74, 6) is -0.787. The molecule has 134 valence electrons. The van der Waals surface area contributed by atoms with E-state index in [1.54, 1.807) is 31.2 Å². The lowest BCUT2D eigenvalue weighted by atomic mass is 10.1. The first kappa shape index (κ1) is 19.1. The summed E-state index contributed by atoms with van der Waals surface area (Å²) >= 11 is 0. The van der Waals surface area contributed by atoms with Crippen LogP contribution >= 0.6 is 0 Å². The Kier molecular flexibility index (Phi) is 6.07. The van der Waals surface area contributed by atoms with Crippen LogP contribution < -0.4 is 10.6 Å². The van der Waals surface area contributed by atoms with E-state index in [1.807, 2.05) is 32.0 Å². The van der Waals surface area contributed by atoms with Crippen molar-refractivity contribution in [2.75, 3.05) is 10.6 Å². The van der Waals surface area contributed by atoms with Crippen molar-refractivity contribution in [3.8, 4) is 0 Å². The third-order valence-corrected chi connectivity index (χ3v) is 4.03. The van der Waals surface area contributed by atoms with Gasteiger partial charge in [-0.15, -0.1) is 0 Å². The number of anilines is 2. The smallest absolute Gasteiger partial charge is 0.251 e. The second-order valence-electron chi connectivity index (χ2n) is 6.20. The number of benzene rings is 2. The Balaban J connectivity index is 2.00. The molecule has 2 amide bonds. The summed E-state index contributed by atoms with van der Waals surface area (Å²) in [6, 6.07) is 12.2. The van der Waals surface area contributed by atoms with Crippen molar-refractivity contribution in [1.82, 2.24) is 0 Å². The van der Waals surface area contributed by atoms with E-state index >= 15 is 0 Å². The molecular weight excluding hydrogens is 328 g/mol. The SMILES string of the molecule is CC(=O)c1ccc(NC(=O)/C=C(/C)C(=O)Nc2ccc(C)c(C)c2)cc1. The lowest BCUT2D eigenvalue weighted by molar-refractivity contribution is -0.114. The molecule has 0 radical (unpaired) electrons. The average molecular weight is 350 g/mol. The van der Waals surface area contributed by atoms with Gasteiger partial charge in [0.05, 0.1) is 0 Å². The third kappa shape index (κ3) is 5.14. The zero-order valence-corrected chi connectivity index (χ0v) is 15.3. The Hall–Kier alpha value is -3.21. The predicted octanol–water partition coefficient (Wildman–Crippen LogP) is 4.03. The first-order valence-corrected chi connectivity index (χ1v) is 8.25. The van der Waals surface area contributed by atoms with Gasteiger partial charge in [-0.25, -0.2) is 0 Å². The highest BCUT2D eigenvalue weighted by Crippen LogP contribution is 2.15. The van der Waals surface area contributed by atoms with Crippen LogP contribution in [-0.4, -0.2) is 17.6 Å². The monoisotopic (exact) mass is 350 g/mol. The van der Waals surface area contributed by atoms with Crippen LogP contribution in [0.5, 0.6) is 0 Å². The summed E-state index contributed by atoms with van der Waals surface area (Å²) in [5.41, 5.74) is 4.33. The van der Waals surface area contributed by atoms with Gasteiger partial charge in [0.1, 0.15) is 0 Å². The van der Waals surface area contributed by atoms with Crippen molar-refractivity contribution in [2.24, 2.45) is 0 Å². The average Bonchev–Trinajstić information content (AvgIpc) is 2.58. The summed E-state index contributed by atoms with van der Waals surface area (Å²) in [6.07, 6.45) is 1.25. The highest BCUT2D eigenvalue weighted by molar-refractivity contribution is 6.10. The van der Waals surface area contributed by atoms with Crippen molar-refractivity contribution in [1.29, 1.82) is 0 Å². The molecule has 2 aromatic rings. The minimum Gasteiger partial charge on any atom is -0.323 e. The number of carbonyl (C=O) groups is 3. The van der Waals surface area contributed by atoms with Crippen LogP contribution in [0.15, 0.2) is 54.1 Å². The largest absolute Gasteiger partial charge is 0.323 e. The summed E-state index contributed by atoms with van der Waals surface area (Å²) < 4.78 is 0. The molecule has 0 aliphatic rings. The van der Waals surface area contributed by atoms with Gasteiger partial charge in [-0.05, 0) is 75.2 Å². The Morgan fingerprint density at radius 2 is 1.42 bits per heavy atom. The number of carbonyl (C=O) groups excluding carboxylic acids is 3. The van der Waals surface area contributed by atoms with Crippen LogP contribution in [0.2, 0.25) is 0 Å². The molecule has 2 rings (SSSR count). The predicted molar refractivity (Wildman–Crippen MR) is 103 cm³/mol. The van der Waals surface area contributed by atoms with Crippen molar-refractivity contribution in [2.45, 2.75) is 27.7 Å². The van der Waals surface area contributed by atoms with Crippen LogP contribution in [0.4, 0.5) is 11.4 Å². The molecular formula is C21H22N2O3. The molecule has 0 bridgehead atoms. The molecule has 0 saturated carbocycles. The van der Waals surface area contributed by atoms with Gasteiger partial charge in [-0.1, -0.05) is 6.07 Å². The van der Waals surface area contributed by atoms with Gasteiger partial charge in [-0.2, -0.15) is 0 Å². The number of rotatable bonds is 5. The standard InChI is InChI=1S/C21H22N2O3/c1-13-5-8-19(11-14(13)2)23-21(26)15(3)12-20(25)22-18-9-6-17(7-10-18)16(4)24/h5-12H,1-4H3,(H,22,25)(H,23,26)/b15-12-. The molecule has 0 unspecified atom stereocenters. The molecule has 0 atom stereocenters. The molecule has 0 aromatic heterocycles. The summed E-state index contributed by atoms with van der Waals surface area (Å²) in [4.78, 5) is 35.5. The van der Waals surface area contributed by atoms with E-state index in [1.165, 1.54) is 13.0 Å². The first-order chi connectivity index (χ1) is 12.3. The van der Waals surface area contributed by atoms with Crippen molar-refractivity contribution >= 4 is 29.0 Å². The van der Waals surface area contributed by atoms with Crippen LogP contribution in [0.1, 0.15) is 35.3 Å². The molecule has 26 heavy (non-hydrogen) atoms. The molecule has 0 aliphatic heterocycles. The van der Waals surface area contributed by atoms with E-state index in [0.717, 1.165) is 11.1 Å². The van der Waals surface area contributed by atoms with Crippen molar-refractivity contribution in [3.05, 3.63) is 70.8 Å². The molecule has 2 aromatic carbocycles. The number of Topliss-reactive ketones (excluding diaryl/α,β-unsaturated/α-hetero) is 1. The molecule has 0 aliphatic carbocycles. The molecule has 5 nitrogen and oxygen atoms in total. The Morgan fingerprint density at radius 1 is 0.808 bits per heavy atom. The highest BCUT2D eigenvalue weighted by Gasteiger charge is 2.08. The maximum absolute atomic E-state index is 12.2. The summed E-state index contributed by atoms with van der Waals surface area (Å²) in [7, 11) is 0. The zero-order chi connectivity index (χ0) is 19.3. The number of hydrogen-bond donors (Lipinski definition) is 2. The fourth-order valence-corrected chi connectivity index (χ4v) is 2.28. The zero-order valence-electron chi connectivity index (χ0n) is 15.3. The molecule has 0 fully saturated rings. The maximum atomic E-state index is 12.2. The molecule has 5 heteroatoms. The Bertz CT molecular complexity index is 881. The second-order valence-corrected chi connectivity index (χ2v) is 6.20. The van der Waals surface area contributed by atoms with Gasteiger partial charge in [0.25, 0.3) is 5.91 Å². The van der Waals surface area contributed by atoms with Crippen molar-refractivity contribution < 1.29 is 14.4 Å². The van der Waals surface area contributed by atoms with E-state index in [9.17, 15) is 14.4 Å². The van der Waals surface area contributed by atoms with Gasteiger partial charge in [0.2, 0.25) is 5.91 Å². The second kappa shape index (κ2) is 8.25. The fourth-order valence-electron chi connectivity index (χ4n) is 2.28. The highest BCUT2D eigenvalue weighted by atomic mass is 16.2.